The van der Waals surface area contributed by atoms with Crippen LogP contribution in [0.25, 0.3) is 0 Å². The quantitative estimate of drug-likeness (QED) is 0.777. The summed E-state index contributed by atoms with van der Waals surface area (Å²) < 4.78 is 7.40. The molecule has 1 aliphatic rings. The maximum absolute atomic E-state index is 11.9. The first-order valence-corrected chi connectivity index (χ1v) is 8.25. The molecule has 22 heavy (non-hydrogen) atoms. The van der Waals surface area contributed by atoms with Crippen LogP contribution in [0.3, 0.4) is 0 Å². The number of thioether (sulfide) groups is 1. The van der Waals surface area contributed by atoms with Gasteiger partial charge in [-0.2, -0.15) is 0 Å². The summed E-state index contributed by atoms with van der Waals surface area (Å²) in [6.07, 6.45) is 4.72. The van der Waals surface area contributed by atoms with Crippen LogP contribution >= 0.6 is 11.8 Å². The van der Waals surface area contributed by atoms with Gasteiger partial charge in [-0.3, -0.25) is 10.1 Å². The lowest BCUT2D eigenvalue weighted by Gasteiger charge is -2.03. The third kappa shape index (κ3) is 3.85. The topological polar surface area (TPSA) is 98.7 Å². The summed E-state index contributed by atoms with van der Waals surface area (Å²) in [5.74, 6) is 0.989. The molecular weight excluding hydrogens is 304 g/mol. The fourth-order valence-corrected chi connectivity index (χ4v) is 2.74. The molecule has 0 radical (unpaired) electrons. The van der Waals surface area contributed by atoms with Crippen molar-refractivity contribution in [3.05, 3.63) is 12.2 Å². The third-order valence-electron chi connectivity index (χ3n) is 3.11. The molecule has 0 spiro atoms. The lowest BCUT2D eigenvalue weighted by Crippen LogP contribution is -2.14. The van der Waals surface area contributed by atoms with E-state index in [0.717, 1.165) is 18.0 Å². The second-order valence-electron chi connectivity index (χ2n) is 5.69. The predicted molar refractivity (Wildman–Crippen MR) is 80.5 cm³/mol. The van der Waals surface area contributed by atoms with Crippen molar-refractivity contribution in [2.45, 2.75) is 44.3 Å². The van der Waals surface area contributed by atoms with Crippen molar-refractivity contribution in [2.75, 3.05) is 11.1 Å². The van der Waals surface area contributed by atoms with E-state index >= 15 is 0 Å². The van der Waals surface area contributed by atoms with Crippen molar-refractivity contribution >= 4 is 23.7 Å². The predicted octanol–water partition coefficient (Wildman–Crippen LogP) is 1.93. The van der Waals surface area contributed by atoms with E-state index in [0.29, 0.717) is 24.3 Å². The minimum absolute atomic E-state index is 0.143. The van der Waals surface area contributed by atoms with Gasteiger partial charge in [0.1, 0.15) is 6.33 Å². The van der Waals surface area contributed by atoms with Crippen molar-refractivity contribution in [3.8, 4) is 0 Å². The van der Waals surface area contributed by atoms with Gasteiger partial charge in [-0.1, -0.05) is 30.7 Å². The first kappa shape index (κ1) is 15.0. The largest absolute Gasteiger partial charge is 0.408 e. The van der Waals surface area contributed by atoms with E-state index in [2.05, 4.69) is 39.6 Å². The van der Waals surface area contributed by atoms with E-state index in [4.69, 9.17) is 4.42 Å². The fraction of sp³-hybridized carbons (Fsp3) is 0.615. The normalized spacial score (nSPS) is 14.5. The Hall–Kier alpha value is -1.90. The molecule has 0 atom stereocenters. The SMILES string of the molecule is CC(C)Cc1nnc(NC(=O)CSc2nncn2C2CC2)o1. The van der Waals surface area contributed by atoms with Crippen LogP contribution in [0.5, 0.6) is 0 Å². The summed E-state index contributed by atoms with van der Waals surface area (Å²) in [7, 11) is 0. The van der Waals surface area contributed by atoms with Crippen LogP contribution in [0, 0.1) is 5.92 Å². The van der Waals surface area contributed by atoms with Crippen LogP contribution in [0.2, 0.25) is 0 Å². The summed E-state index contributed by atoms with van der Waals surface area (Å²) in [6, 6.07) is 0.639. The van der Waals surface area contributed by atoms with Gasteiger partial charge in [0.2, 0.25) is 11.8 Å². The smallest absolute Gasteiger partial charge is 0.322 e. The van der Waals surface area contributed by atoms with Crippen molar-refractivity contribution in [3.63, 3.8) is 0 Å². The average molecular weight is 322 g/mol. The molecule has 1 aliphatic carbocycles. The standard InChI is InChI=1S/C13H18N6O2S/c1-8(2)5-11-16-17-12(21-11)15-10(20)6-22-13-18-14-7-19(13)9-3-4-9/h7-9H,3-6H2,1-2H3,(H,15,17,20). The van der Waals surface area contributed by atoms with E-state index in [1.165, 1.54) is 11.8 Å². The Morgan fingerprint density at radius 2 is 2.27 bits per heavy atom. The molecule has 3 rings (SSSR count). The third-order valence-corrected chi connectivity index (χ3v) is 4.07. The molecular formula is C13H18N6O2S. The molecule has 9 heteroatoms. The van der Waals surface area contributed by atoms with Gasteiger partial charge in [-0.05, 0) is 18.8 Å². The van der Waals surface area contributed by atoms with Crippen molar-refractivity contribution < 1.29 is 9.21 Å². The highest BCUT2D eigenvalue weighted by atomic mass is 32.2. The second kappa shape index (κ2) is 6.47. The Bertz CT molecular complexity index is 649. The molecule has 0 unspecified atom stereocenters. The van der Waals surface area contributed by atoms with Crippen LogP contribution in [-0.2, 0) is 11.2 Å². The molecule has 0 aliphatic heterocycles. The summed E-state index contributed by atoms with van der Waals surface area (Å²) in [6.45, 7) is 4.13. The molecule has 2 heterocycles. The highest BCUT2D eigenvalue weighted by Gasteiger charge is 2.26. The number of rotatable bonds is 7. The molecule has 2 aromatic heterocycles. The molecule has 1 amide bonds. The first-order chi connectivity index (χ1) is 10.6. The molecule has 0 aromatic carbocycles. The van der Waals surface area contributed by atoms with E-state index in [1.807, 2.05) is 4.57 Å². The average Bonchev–Trinajstić information content (AvgIpc) is 3.04. The van der Waals surface area contributed by atoms with Gasteiger partial charge >= 0.3 is 6.01 Å². The Balaban J connectivity index is 1.49. The minimum Gasteiger partial charge on any atom is -0.408 e. The molecule has 1 saturated carbocycles. The zero-order valence-corrected chi connectivity index (χ0v) is 13.3. The molecule has 1 fully saturated rings. The number of nitrogens with zero attached hydrogens (tertiary/aromatic N) is 5. The van der Waals surface area contributed by atoms with Crippen LogP contribution in [0.4, 0.5) is 6.01 Å². The van der Waals surface area contributed by atoms with Gasteiger partial charge in [0.25, 0.3) is 0 Å². The zero-order valence-electron chi connectivity index (χ0n) is 12.5. The first-order valence-electron chi connectivity index (χ1n) is 7.26. The molecule has 2 aromatic rings. The highest BCUT2D eigenvalue weighted by molar-refractivity contribution is 7.99. The zero-order chi connectivity index (χ0) is 15.5. The highest BCUT2D eigenvalue weighted by Crippen LogP contribution is 2.37. The summed E-state index contributed by atoms with van der Waals surface area (Å²) in [4.78, 5) is 11.9. The number of hydrogen-bond donors (Lipinski definition) is 1. The van der Waals surface area contributed by atoms with E-state index in [1.54, 1.807) is 6.33 Å². The fourth-order valence-electron chi connectivity index (χ4n) is 1.96. The Labute approximate surface area is 132 Å². The number of amides is 1. The molecule has 1 N–H and O–H groups in total. The number of carbonyl (C=O) groups excluding carboxylic acids is 1. The molecule has 118 valence electrons. The van der Waals surface area contributed by atoms with Crippen molar-refractivity contribution in [2.24, 2.45) is 5.92 Å². The maximum Gasteiger partial charge on any atom is 0.322 e. The Morgan fingerprint density at radius 1 is 1.45 bits per heavy atom. The summed E-state index contributed by atoms with van der Waals surface area (Å²) in [5.41, 5.74) is 0. The van der Waals surface area contributed by atoms with Crippen LogP contribution in [0.15, 0.2) is 15.9 Å². The molecule has 8 nitrogen and oxygen atoms in total. The number of nitrogens with one attached hydrogen (secondary N) is 1. The van der Waals surface area contributed by atoms with Crippen LogP contribution < -0.4 is 5.32 Å². The lowest BCUT2D eigenvalue weighted by molar-refractivity contribution is -0.113. The number of hydrogen-bond acceptors (Lipinski definition) is 7. The number of anilines is 1. The van der Waals surface area contributed by atoms with E-state index < -0.39 is 0 Å². The molecule has 0 bridgehead atoms. The number of aromatic nitrogens is 5. The maximum atomic E-state index is 11.9. The van der Waals surface area contributed by atoms with E-state index in [9.17, 15) is 4.79 Å². The van der Waals surface area contributed by atoms with Gasteiger partial charge in [0.05, 0.1) is 5.75 Å². The number of carbonyl (C=O) groups is 1. The summed E-state index contributed by atoms with van der Waals surface area (Å²) >= 11 is 1.35. The Morgan fingerprint density at radius 3 is 3.00 bits per heavy atom. The van der Waals surface area contributed by atoms with Gasteiger partial charge in [-0.15, -0.1) is 15.3 Å². The van der Waals surface area contributed by atoms with Gasteiger partial charge in [0.15, 0.2) is 5.16 Å². The second-order valence-corrected chi connectivity index (χ2v) is 6.63. The monoisotopic (exact) mass is 322 g/mol. The van der Waals surface area contributed by atoms with Crippen LogP contribution in [0.1, 0.15) is 38.6 Å². The van der Waals surface area contributed by atoms with Gasteiger partial charge < -0.3 is 8.98 Å². The van der Waals surface area contributed by atoms with Gasteiger partial charge in [-0.25, -0.2) is 0 Å². The lowest BCUT2D eigenvalue weighted by atomic mass is 10.1. The Kier molecular flexibility index (Phi) is 4.41. The van der Waals surface area contributed by atoms with Crippen molar-refractivity contribution in [1.82, 2.24) is 25.0 Å². The van der Waals surface area contributed by atoms with Crippen LogP contribution in [-0.4, -0.2) is 36.6 Å². The minimum atomic E-state index is -0.199. The van der Waals surface area contributed by atoms with E-state index in [-0.39, 0.29) is 17.7 Å². The molecule has 0 saturated heterocycles. The van der Waals surface area contributed by atoms with Gasteiger partial charge in [0, 0.05) is 12.5 Å². The summed E-state index contributed by atoms with van der Waals surface area (Å²) in [5, 5.41) is 19.0. The van der Waals surface area contributed by atoms with Crippen molar-refractivity contribution in [1.29, 1.82) is 0 Å².